The minimum Gasteiger partial charge on any atom is -0.493 e. The molecule has 0 spiro atoms. The molecule has 0 saturated heterocycles. The molecule has 10 heteroatoms. The predicted octanol–water partition coefficient (Wildman–Crippen LogP) is 2.26. The van der Waals surface area contributed by atoms with Crippen molar-refractivity contribution in [2.75, 3.05) is 67.0 Å². The Bertz CT molecular complexity index is 606. The van der Waals surface area contributed by atoms with Crippen molar-refractivity contribution in [3.05, 3.63) is 28.1 Å². The highest BCUT2D eigenvalue weighted by atomic mass is 16.6. The van der Waals surface area contributed by atoms with E-state index in [1.165, 1.54) is 14.2 Å². The number of carbonyl (C=O) groups is 1. The molecule has 27 heavy (non-hydrogen) atoms. The van der Waals surface area contributed by atoms with Crippen molar-refractivity contribution in [1.29, 1.82) is 0 Å². The molecule has 0 N–H and O–H groups in total. The van der Waals surface area contributed by atoms with E-state index in [4.69, 9.17) is 34.0 Å². The molecule has 0 aromatic heterocycles. The molecule has 1 rings (SSSR count). The number of carbonyl (C=O) groups excluding carboxylic acids is 1. The smallest absolute Gasteiger partial charge is 0.203 e. The summed E-state index contributed by atoms with van der Waals surface area (Å²) >= 11 is 0. The third-order valence-electron chi connectivity index (χ3n) is 3.23. The Balaban J connectivity index is 2.16. The lowest BCUT2D eigenvalue weighted by atomic mass is 10.2. The summed E-state index contributed by atoms with van der Waals surface area (Å²) in [5.41, 5.74) is 8.52. The number of azide groups is 1. The lowest BCUT2D eigenvalue weighted by Gasteiger charge is -2.14. The van der Waals surface area contributed by atoms with Crippen molar-refractivity contribution in [2.24, 2.45) is 5.11 Å². The molecule has 0 atom stereocenters. The molecule has 0 saturated carbocycles. The van der Waals surface area contributed by atoms with Gasteiger partial charge in [0.15, 0.2) is 11.5 Å². The molecule has 0 aliphatic heterocycles. The average molecular weight is 383 g/mol. The van der Waals surface area contributed by atoms with Crippen LogP contribution in [0.5, 0.6) is 17.2 Å². The molecule has 0 heterocycles. The molecule has 10 nitrogen and oxygen atoms in total. The van der Waals surface area contributed by atoms with E-state index in [1.807, 2.05) is 0 Å². The van der Waals surface area contributed by atoms with Crippen LogP contribution in [0.15, 0.2) is 17.2 Å². The van der Waals surface area contributed by atoms with Gasteiger partial charge in [-0.2, -0.15) is 0 Å². The van der Waals surface area contributed by atoms with Gasteiger partial charge in [-0.15, -0.1) is 0 Å². The first-order valence-electron chi connectivity index (χ1n) is 8.34. The van der Waals surface area contributed by atoms with E-state index in [-0.39, 0.29) is 6.61 Å². The normalized spacial score (nSPS) is 10.1. The molecule has 0 aliphatic carbocycles. The minimum atomic E-state index is 0.282. The maximum Gasteiger partial charge on any atom is 0.203 e. The number of hydrogen-bond acceptors (Lipinski definition) is 8. The summed E-state index contributed by atoms with van der Waals surface area (Å²) in [6.07, 6.45) is 0.711. The van der Waals surface area contributed by atoms with E-state index in [9.17, 15) is 4.79 Å². The van der Waals surface area contributed by atoms with Gasteiger partial charge in [0.2, 0.25) is 5.75 Å². The zero-order valence-electron chi connectivity index (χ0n) is 15.6. The second-order valence-electron chi connectivity index (χ2n) is 5.01. The van der Waals surface area contributed by atoms with Gasteiger partial charge < -0.3 is 28.4 Å². The first kappa shape index (κ1) is 22.5. The molecule has 0 aliphatic rings. The molecular formula is C17H25N3O7. The molecule has 150 valence electrons. The van der Waals surface area contributed by atoms with Gasteiger partial charge in [0, 0.05) is 17.0 Å². The number of ether oxygens (including phenoxy) is 6. The van der Waals surface area contributed by atoms with E-state index in [0.29, 0.717) is 75.3 Å². The Morgan fingerprint density at radius 3 is 2.07 bits per heavy atom. The van der Waals surface area contributed by atoms with Crippen molar-refractivity contribution >= 4 is 6.29 Å². The number of benzene rings is 1. The van der Waals surface area contributed by atoms with Crippen LogP contribution >= 0.6 is 0 Å². The third-order valence-corrected chi connectivity index (χ3v) is 3.23. The molecule has 1 aromatic rings. The fourth-order valence-electron chi connectivity index (χ4n) is 2.03. The van der Waals surface area contributed by atoms with E-state index in [0.717, 1.165) is 0 Å². The highest BCUT2D eigenvalue weighted by Crippen LogP contribution is 2.37. The molecule has 1 aromatic carbocycles. The summed E-state index contributed by atoms with van der Waals surface area (Å²) in [5, 5.41) is 3.35. The zero-order valence-corrected chi connectivity index (χ0v) is 15.6. The molecule has 0 radical (unpaired) electrons. The van der Waals surface area contributed by atoms with Crippen LogP contribution < -0.4 is 14.2 Å². The predicted molar refractivity (Wildman–Crippen MR) is 96.9 cm³/mol. The Morgan fingerprint density at radius 2 is 1.52 bits per heavy atom. The fraction of sp³-hybridized carbons (Fsp3) is 0.588. The maximum atomic E-state index is 11.0. The van der Waals surface area contributed by atoms with E-state index in [2.05, 4.69) is 10.0 Å². The lowest BCUT2D eigenvalue weighted by Crippen LogP contribution is -2.13. The van der Waals surface area contributed by atoms with Gasteiger partial charge in [0.25, 0.3) is 0 Å². The minimum absolute atomic E-state index is 0.282. The van der Waals surface area contributed by atoms with Gasteiger partial charge in [-0.25, -0.2) is 0 Å². The third kappa shape index (κ3) is 9.11. The number of hydrogen-bond donors (Lipinski definition) is 0. The highest BCUT2D eigenvalue weighted by Gasteiger charge is 2.13. The van der Waals surface area contributed by atoms with Crippen LogP contribution in [0.25, 0.3) is 10.4 Å². The van der Waals surface area contributed by atoms with Crippen LogP contribution in [0.2, 0.25) is 0 Å². The second-order valence-corrected chi connectivity index (χ2v) is 5.01. The maximum absolute atomic E-state index is 11.0. The largest absolute Gasteiger partial charge is 0.493 e. The zero-order chi connectivity index (χ0) is 19.7. The van der Waals surface area contributed by atoms with E-state index < -0.39 is 0 Å². The molecule has 0 fully saturated rings. The fourth-order valence-corrected chi connectivity index (χ4v) is 2.03. The lowest BCUT2D eigenvalue weighted by molar-refractivity contribution is 0.0104. The molecule has 0 bridgehead atoms. The first-order chi connectivity index (χ1) is 13.3. The molecule has 0 unspecified atom stereocenters. The number of methoxy groups -OCH3 is 2. The Labute approximate surface area is 157 Å². The van der Waals surface area contributed by atoms with E-state index in [1.54, 1.807) is 12.1 Å². The SMILES string of the molecule is COc1cc(C=O)cc(OCCOCCOCCOCCN=[N+]=[N-])c1OC. The second kappa shape index (κ2) is 14.6. The molecular weight excluding hydrogens is 358 g/mol. The van der Waals surface area contributed by atoms with Gasteiger partial charge in [-0.3, -0.25) is 4.79 Å². The number of aldehydes is 1. The van der Waals surface area contributed by atoms with Gasteiger partial charge >= 0.3 is 0 Å². The van der Waals surface area contributed by atoms with Crippen LogP contribution in [-0.4, -0.2) is 73.3 Å². The van der Waals surface area contributed by atoms with Crippen molar-refractivity contribution in [2.45, 2.75) is 0 Å². The summed E-state index contributed by atoms with van der Waals surface area (Å²) in [5.74, 6) is 1.26. The summed E-state index contributed by atoms with van der Waals surface area (Å²) < 4.78 is 32.0. The summed E-state index contributed by atoms with van der Waals surface area (Å²) in [6.45, 7) is 3.03. The van der Waals surface area contributed by atoms with Crippen molar-refractivity contribution in [3.8, 4) is 17.2 Å². The summed E-state index contributed by atoms with van der Waals surface area (Å²) in [7, 11) is 2.99. The highest BCUT2D eigenvalue weighted by molar-refractivity contribution is 5.78. The van der Waals surface area contributed by atoms with Crippen LogP contribution in [0.3, 0.4) is 0 Å². The van der Waals surface area contributed by atoms with Crippen molar-refractivity contribution in [1.82, 2.24) is 0 Å². The first-order valence-corrected chi connectivity index (χ1v) is 8.34. The summed E-state index contributed by atoms with van der Waals surface area (Å²) in [6, 6.07) is 3.16. The monoisotopic (exact) mass is 383 g/mol. The van der Waals surface area contributed by atoms with Crippen molar-refractivity contribution < 1.29 is 33.2 Å². The van der Waals surface area contributed by atoms with E-state index >= 15 is 0 Å². The Morgan fingerprint density at radius 1 is 0.926 bits per heavy atom. The Kier molecular flexibility index (Phi) is 12.2. The van der Waals surface area contributed by atoms with Crippen LogP contribution in [0.1, 0.15) is 10.4 Å². The van der Waals surface area contributed by atoms with Gasteiger partial charge in [-0.05, 0) is 17.7 Å². The standard InChI is InChI=1S/C17H25N3O7/c1-22-15-11-14(13-21)12-16(17(15)23-2)27-10-9-26-8-7-25-6-5-24-4-3-19-20-18/h11-13H,3-10H2,1-2H3. The van der Waals surface area contributed by atoms with Gasteiger partial charge in [0.1, 0.15) is 12.9 Å². The topological polar surface area (TPSA) is 121 Å². The van der Waals surface area contributed by atoms with Crippen LogP contribution in [0.4, 0.5) is 0 Å². The number of nitrogens with zero attached hydrogens (tertiary/aromatic N) is 3. The molecule has 0 amide bonds. The number of rotatable bonds is 16. The Hall–Kier alpha value is -2.52. The van der Waals surface area contributed by atoms with Crippen LogP contribution in [0, 0.1) is 0 Å². The quantitative estimate of drug-likeness (QED) is 0.141. The van der Waals surface area contributed by atoms with Gasteiger partial charge in [0.05, 0.1) is 53.9 Å². The van der Waals surface area contributed by atoms with Crippen LogP contribution in [-0.2, 0) is 14.2 Å². The van der Waals surface area contributed by atoms with Crippen molar-refractivity contribution in [3.63, 3.8) is 0 Å². The van der Waals surface area contributed by atoms with Gasteiger partial charge in [-0.1, -0.05) is 5.11 Å². The average Bonchev–Trinajstić information content (AvgIpc) is 2.70. The summed E-state index contributed by atoms with van der Waals surface area (Å²) in [4.78, 5) is 13.6.